The van der Waals surface area contributed by atoms with Gasteiger partial charge in [-0.05, 0) is 56.5 Å². The third-order valence-electron chi connectivity index (χ3n) is 4.53. The normalized spacial score (nSPS) is 14.5. The Kier molecular flexibility index (Phi) is 4.49. The van der Waals surface area contributed by atoms with E-state index in [1.165, 1.54) is 0 Å². The van der Waals surface area contributed by atoms with E-state index in [0.29, 0.717) is 30.0 Å². The molecule has 5 heteroatoms. The third-order valence-corrected chi connectivity index (χ3v) is 4.53. The van der Waals surface area contributed by atoms with Crippen LogP contribution in [-0.2, 0) is 9.59 Å². The number of hydrogen-bond acceptors (Lipinski definition) is 3. The van der Waals surface area contributed by atoms with Crippen molar-refractivity contribution in [2.45, 2.75) is 26.7 Å². The molecule has 1 fully saturated rings. The zero-order chi connectivity index (χ0) is 18.0. The van der Waals surface area contributed by atoms with Crippen molar-refractivity contribution < 1.29 is 14.3 Å². The van der Waals surface area contributed by atoms with E-state index in [-0.39, 0.29) is 11.8 Å². The lowest BCUT2D eigenvalue weighted by molar-refractivity contribution is -0.131. The van der Waals surface area contributed by atoms with Crippen LogP contribution in [0.25, 0.3) is 0 Å². The van der Waals surface area contributed by atoms with Gasteiger partial charge in [0.05, 0.1) is 12.8 Å². The molecule has 2 amide bonds. The lowest BCUT2D eigenvalue weighted by Crippen LogP contribution is -2.35. The molecule has 3 rings (SSSR count). The number of carbonyl (C=O) groups excluding carboxylic acids is 2. The van der Waals surface area contributed by atoms with Crippen LogP contribution in [0.15, 0.2) is 42.5 Å². The van der Waals surface area contributed by atoms with Crippen molar-refractivity contribution in [1.82, 2.24) is 0 Å². The molecule has 130 valence electrons. The van der Waals surface area contributed by atoms with Crippen LogP contribution in [-0.4, -0.2) is 18.9 Å². The summed E-state index contributed by atoms with van der Waals surface area (Å²) in [5.74, 6) is 0.0233. The van der Waals surface area contributed by atoms with Gasteiger partial charge in [-0.3, -0.25) is 9.59 Å². The minimum absolute atomic E-state index is 0.263. The Morgan fingerprint density at radius 2 is 1.52 bits per heavy atom. The molecule has 0 spiro atoms. The lowest BCUT2D eigenvalue weighted by atomic mass is 10.0. The summed E-state index contributed by atoms with van der Waals surface area (Å²) in [6.45, 7) is 3.92. The van der Waals surface area contributed by atoms with Gasteiger partial charge in [0.1, 0.15) is 11.2 Å². The van der Waals surface area contributed by atoms with E-state index >= 15 is 0 Å². The van der Waals surface area contributed by atoms with Crippen molar-refractivity contribution in [3.8, 4) is 5.75 Å². The molecule has 0 aliphatic heterocycles. The van der Waals surface area contributed by atoms with Crippen LogP contribution in [0.3, 0.4) is 0 Å². The molecule has 0 saturated heterocycles. The van der Waals surface area contributed by atoms with Gasteiger partial charge in [0.25, 0.3) is 0 Å². The van der Waals surface area contributed by atoms with Gasteiger partial charge in [-0.15, -0.1) is 0 Å². The summed E-state index contributed by atoms with van der Waals surface area (Å²) in [6.07, 6.45) is 1.09. The number of nitrogens with one attached hydrogen (secondary N) is 2. The number of aryl methyl sites for hydroxylation is 2. The molecule has 0 aromatic heterocycles. The van der Waals surface area contributed by atoms with Crippen molar-refractivity contribution in [1.29, 1.82) is 0 Å². The van der Waals surface area contributed by atoms with Gasteiger partial charge >= 0.3 is 0 Å². The zero-order valence-corrected chi connectivity index (χ0v) is 14.7. The fraction of sp³-hybridized carbons (Fsp3) is 0.300. The molecule has 2 aromatic carbocycles. The molecule has 5 nitrogen and oxygen atoms in total. The van der Waals surface area contributed by atoms with Crippen LogP contribution in [0.1, 0.15) is 24.0 Å². The zero-order valence-electron chi connectivity index (χ0n) is 14.7. The fourth-order valence-electron chi connectivity index (χ4n) is 2.73. The number of ether oxygens (including phenoxy) is 1. The number of hydrogen-bond donors (Lipinski definition) is 2. The first-order valence-corrected chi connectivity index (χ1v) is 8.29. The van der Waals surface area contributed by atoms with Crippen molar-refractivity contribution in [2.24, 2.45) is 5.41 Å². The number of carbonyl (C=O) groups is 2. The van der Waals surface area contributed by atoms with Crippen molar-refractivity contribution in [3.05, 3.63) is 53.6 Å². The largest absolute Gasteiger partial charge is 0.495 e. The molecule has 1 aliphatic rings. The van der Waals surface area contributed by atoms with E-state index in [1.807, 2.05) is 50.2 Å². The van der Waals surface area contributed by atoms with Crippen molar-refractivity contribution in [2.75, 3.05) is 17.7 Å². The van der Waals surface area contributed by atoms with Gasteiger partial charge in [-0.1, -0.05) is 23.8 Å². The monoisotopic (exact) mass is 338 g/mol. The summed E-state index contributed by atoms with van der Waals surface area (Å²) in [4.78, 5) is 25.4. The predicted molar refractivity (Wildman–Crippen MR) is 97.8 cm³/mol. The van der Waals surface area contributed by atoms with Crippen LogP contribution in [0.5, 0.6) is 5.75 Å². The number of rotatable bonds is 5. The second-order valence-electron chi connectivity index (χ2n) is 6.56. The quantitative estimate of drug-likeness (QED) is 0.818. The summed E-state index contributed by atoms with van der Waals surface area (Å²) in [6, 6.07) is 13.1. The Bertz CT molecular complexity index is 808. The van der Waals surface area contributed by atoms with Crippen LogP contribution in [0.2, 0.25) is 0 Å². The van der Waals surface area contributed by atoms with Gasteiger partial charge in [0.15, 0.2) is 0 Å². The van der Waals surface area contributed by atoms with Gasteiger partial charge in [0, 0.05) is 5.69 Å². The fourth-order valence-corrected chi connectivity index (χ4v) is 2.73. The molecule has 2 aromatic rings. The maximum Gasteiger partial charge on any atom is 0.240 e. The van der Waals surface area contributed by atoms with Gasteiger partial charge in [-0.25, -0.2) is 0 Å². The summed E-state index contributed by atoms with van der Waals surface area (Å²) in [5, 5.41) is 5.70. The number of anilines is 2. The van der Waals surface area contributed by atoms with Gasteiger partial charge in [-0.2, -0.15) is 0 Å². The Morgan fingerprint density at radius 1 is 0.920 bits per heavy atom. The maximum absolute atomic E-state index is 12.7. The van der Waals surface area contributed by atoms with E-state index in [1.54, 1.807) is 13.2 Å². The topological polar surface area (TPSA) is 67.4 Å². The molecule has 0 radical (unpaired) electrons. The summed E-state index contributed by atoms with van der Waals surface area (Å²) >= 11 is 0. The Hall–Kier alpha value is -2.82. The first-order chi connectivity index (χ1) is 11.9. The Morgan fingerprint density at radius 3 is 2.12 bits per heavy atom. The van der Waals surface area contributed by atoms with E-state index in [9.17, 15) is 9.59 Å². The molecule has 0 atom stereocenters. The second kappa shape index (κ2) is 6.59. The van der Waals surface area contributed by atoms with Gasteiger partial charge in [0.2, 0.25) is 11.8 Å². The molecule has 1 saturated carbocycles. The molecular weight excluding hydrogens is 316 g/mol. The minimum Gasteiger partial charge on any atom is -0.495 e. The smallest absolute Gasteiger partial charge is 0.240 e. The highest BCUT2D eigenvalue weighted by molar-refractivity contribution is 6.17. The maximum atomic E-state index is 12.7. The molecule has 0 bridgehead atoms. The first kappa shape index (κ1) is 17.0. The lowest BCUT2D eigenvalue weighted by Gasteiger charge is -2.17. The first-order valence-electron chi connectivity index (χ1n) is 8.29. The molecular formula is C20H22N2O3. The molecule has 1 aliphatic carbocycles. The van der Waals surface area contributed by atoms with Crippen LogP contribution >= 0.6 is 0 Å². The van der Waals surface area contributed by atoms with Gasteiger partial charge < -0.3 is 15.4 Å². The summed E-state index contributed by atoms with van der Waals surface area (Å²) in [7, 11) is 1.55. The average molecular weight is 338 g/mol. The molecule has 2 N–H and O–H groups in total. The van der Waals surface area contributed by atoms with E-state index in [2.05, 4.69) is 10.6 Å². The summed E-state index contributed by atoms with van der Waals surface area (Å²) in [5.41, 5.74) is 2.40. The van der Waals surface area contributed by atoms with Crippen LogP contribution in [0.4, 0.5) is 11.4 Å². The Labute approximate surface area is 147 Å². The highest BCUT2D eigenvalue weighted by atomic mass is 16.5. The second-order valence-corrected chi connectivity index (χ2v) is 6.56. The number of methoxy groups -OCH3 is 1. The highest BCUT2D eigenvalue weighted by Gasteiger charge is 2.56. The number of amides is 2. The molecule has 0 heterocycles. The van der Waals surface area contributed by atoms with E-state index in [0.717, 1.165) is 11.1 Å². The highest BCUT2D eigenvalue weighted by Crippen LogP contribution is 2.48. The molecule has 25 heavy (non-hydrogen) atoms. The van der Waals surface area contributed by atoms with Crippen molar-refractivity contribution in [3.63, 3.8) is 0 Å². The Balaban J connectivity index is 1.74. The molecule has 0 unspecified atom stereocenters. The van der Waals surface area contributed by atoms with E-state index in [4.69, 9.17) is 4.74 Å². The third kappa shape index (κ3) is 3.50. The van der Waals surface area contributed by atoms with Crippen LogP contribution < -0.4 is 15.4 Å². The summed E-state index contributed by atoms with van der Waals surface area (Å²) < 4.78 is 5.29. The van der Waals surface area contributed by atoms with Crippen molar-refractivity contribution >= 4 is 23.2 Å². The average Bonchev–Trinajstić information content (AvgIpc) is 3.39. The predicted octanol–water partition coefficient (Wildman–Crippen LogP) is 3.67. The standard InChI is InChI=1S/C20H22N2O3/c1-13-4-7-15(8-5-13)21-18(23)20(10-11-20)19(24)22-16-12-14(2)6-9-17(16)25-3/h4-9,12H,10-11H2,1-3H3,(H,21,23)(H,22,24). The number of benzene rings is 2. The minimum atomic E-state index is -1.00. The van der Waals surface area contributed by atoms with Crippen LogP contribution in [0, 0.1) is 19.3 Å². The SMILES string of the molecule is COc1ccc(C)cc1NC(=O)C1(C(=O)Nc2ccc(C)cc2)CC1. The van der Waals surface area contributed by atoms with E-state index < -0.39 is 5.41 Å².